The zero-order valence-corrected chi connectivity index (χ0v) is 12.5. The van der Waals surface area contributed by atoms with Gasteiger partial charge in [-0.05, 0) is 37.9 Å². The summed E-state index contributed by atoms with van der Waals surface area (Å²) >= 11 is 0. The number of nitrogens with one attached hydrogen (secondary N) is 1. The molecule has 5 heteroatoms. The summed E-state index contributed by atoms with van der Waals surface area (Å²) < 4.78 is 0. The number of piperidine rings is 1. The summed E-state index contributed by atoms with van der Waals surface area (Å²) in [5.41, 5.74) is 0.713. The Bertz CT molecular complexity index is 454. The summed E-state index contributed by atoms with van der Waals surface area (Å²) in [5.74, 6) is 0.696. The molecule has 1 aromatic heterocycles. The van der Waals surface area contributed by atoms with Gasteiger partial charge in [-0.25, -0.2) is 0 Å². The van der Waals surface area contributed by atoms with Crippen LogP contribution in [0.25, 0.3) is 0 Å². The van der Waals surface area contributed by atoms with E-state index in [1.807, 2.05) is 11.0 Å². The number of hydrogen-bond donors (Lipinski definition) is 2. The van der Waals surface area contributed by atoms with Gasteiger partial charge in [-0.1, -0.05) is 6.42 Å². The Balaban J connectivity index is 1.61. The molecule has 0 spiro atoms. The van der Waals surface area contributed by atoms with Crippen molar-refractivity contribution in [2.75, 3.05) is 39.3 Å². The van der Waals surface area contributed by atoms with Crippen molar-refractivity contribution in [3.05, 3.63) is 24.0 Å². The second-order valence-electron chi connectivity index (χ2n) is 6.37. The van der Waals surface area contributed by atoms with Gasteiger partial charge in [0.1, 0.15) is 0 Å². The lowest BCUT2D eigenvalue weighted by atomic mass is 9.95. The van der Waals surface area contributed by atoms with Gasteiger partial charge in [-0.15, -0.1) is 0 Å². The van der Waals surface area contributed by atoms with Crippen LogP contribution in [0.15, 0.2) is 18.5 Å². The minimum Gasteiger partial charge on any atom is -0.396 e. The van der Waals surface area contributed by atoms with Crippen molar-refractivity contribution in [2.45, 2.75) is 19.3 Å². The molecule has 1 amide bonds. The van der Waals surface area contributed by atoms with Gasteiger partial charge >= 0.3 is 0 Å². The highest BCUT2D eigenvalue weighted by Gasteiger charge is 2.36. The fourth-order valence-electron chi connectivity index (χ4n) is 3.63. The number of carbonyl (C=O) groups is 1. The Morgan fingerprint density at radius 3 is 2.67 bits per heavy atom. The van der Waals surface area contributed by atoms with Gasteiger partial charge in [0, 0.05) is 44.6 Å². The predicted molar refractivity (Wildman–Crippen MR) is 81.1 cm³/mol. The number of aromatic amines is 1. The Labute approximate surface area is 125 Å². The van der Waals surface area contributed by atoms with E-state index in [1.165, 1.54) is 32.4 Å². The van der Waals surface area contributed by atoms with E-state index >= 15 is 0 Å². The smallest absolute Gasteiger partial charge is 0.255 e. The summed E-state index contributed by atoms with van der Waals surface area (Å²) in [6.07, 6.45) is 7.42. The number of rotatable bonds is 4. The summed E-state index contributed by atoms with van der Waals surface area (Å²) in [7, 11) is 0. The Morgan fingerprint density at radius 1 is 1.24 bits per heavy atom. The van der Waals surface area contributed by atoms with Crippen LogP contribution >= 0.6 is 0 Å². The highest BCUT2D eigenvalue weighted by molar-refractivity contribution is 5.94. The average molecular weight is 291 g/mol. The molecular formula is C16H25N3O2. The molecule has 3 rings (SSSR count). The maximum Gasteiger partial charge on any atom is 0.255 e. The zero-order chi connectivity index (χ0) is 14.7. The van der Waals surface area contributed by atoms with Crippen LogP contribution in [0.5, 0.6) is 0 Å². The van der Waals surface area contributed by atoms with Crippen LogP contribution in [0, 0.1) is 11.8 Å². The number of amides is 1. The molecule has 5 nitrogen and oxygen atoms in total. The van der Waals surface area contributed by atoms with E-state index < -0.39 is 0 Å². The zero-order valence-electron chi connectivity index (χ0n) is 12.5. The Morgan fingerprint density at radius 2 is 2.00 bits per heavy atom. The molecule has 3 heterocycles. The molecule has 0 bridgehead atoms. The van der Waals surface area contributed by atoms with Gasteiger partial charge in [0.2, 0.25) is 0 Å². The summed E-state index contributed by atoms with van der Waals surface area (Å²) in [6.45, 7) is 4.98. The quantitative estimate of drug-likeness (QED) is 0.876. The number of aliphatic hydroxyl groups is 1. The Hall–Kier alpha value is -1.33. The van der Waals surface area contributed by atoms with Crippen molar-refractivity contribution >= 4 is 5.91 Å². The van der Waals surface area contributed by atoms with Crippen LogP contribution in [0.4, 0.5) is 0 Å². The fourth-order valence-corrected chi connectivity index (χ4v) is 3.63. The third kappa shape index (κ3) is 3.30. The molecular weight excluding hydrogens is 266 g/mol. The van der Waals surface area contributed by atoms with Gasteiger partial charge < -0.3 is 19.9 Å². The first kappa shape index (κ1) is 14.6. The molecule has 2 aliphatic rings. The first-order chi connectivity index (χ1) is 10.3. The SMILES string of the molecule is O=C(c1cc[nH]c1)N1C[C@@H](CO)[C@@H](CN2CCCCC2)C1. The molecule has 116 valence electrons. The van der Waals surface area contributed by atoms with E-state index in [1.54, 1.807) is 12.4 Å². The topological polar surface area (TPSA) is 59.6 Å². The van der Waals surface area contributed by atoms with Gasteiger partial charge in [-0.2, -0.15) is 0 Å². The summed E-state index contributed by atoms with van der Waals surface area (Å²) in [4.78, 5) is 19.8. The molecule has 0 aliphatic carbocycles. The number of hydrogen-bond acceptors (Lipinski definition) is 3. The first-order valence-corrected chi connectivity index (χ1v) is 8.03. The van der Waals surface area contributed by atoms with Crippen LogP contribution < -0.4 is 0 Å². The van der Waals surface area contributed by atoms with Gasteiger partial charge in [-0.3, -0.25) is 4.79 Å². The number of aliphatic hydroxyl groups excluding tert-OH is 1. The van der Waals surface area contributed by atoms with E-state index in [-0.39, 0.29) is 18.4 Å². The van der Waals surface area contributed by atoms with Crippen LogP contribution in [0.2, 0.25) is 0 Å². The predicted octanol–water partition coefficient (Wildman–Crippen LogP) is 1.18. The molecule has 1 aromatic rings. The van der Waals surface area contributed by atoms with Crippen molar-refractivity contribution in [1.29, 1.82) is 0 Å². The lowest BCUT2D eigenvalue weighted by Crippen LogP contribution is -2.37. The van der Waals surface area contributed by atoms with Crippen molar-refractivity contribution < 1.29 is 9.90 Å². The fraction of sp³-hybridized carbons (Fsp3) is 0.688. The maximum absolute atomic E-state index is 12.4. The third-order valence-electron chi connectivity index (χ3n) is 4.88. The third-order valence-corrected chi connectivity index (χ3v) is 4.88. The number of nitrogens with zero attached hydrogens (tertiary/aromatic N) is 2. The standard InChI is InChI=1S/C16H25N3O2/c20-12-15-11-19(16(21)13-4-5-17-8-13)10-14(15)9-18-6-2-1-3-7-18/h4-5,8,14-15,17,20H,1-3,6-7,9-12H2/t14-,15-/m0/s1. The van der Waals surface area contributed by atoms with E-state index in [0.717, 1.165) is 13.1 Å². The normalized spacial score (nSPS) is 27.2. The molecule has 0 saturated carbocycles. The first-order valence-electron chi connectivity index (χ1n) is 8.03. The highest BCUT2D eigenvalue weighted by Crippen LogP contribution is 2.26. The van der Waals surface area contributed by atoms with Gasteiger partial charge in [0.25, 0.3) is 5.91 Å². The highest BCUT2D eigenvalue weighted by atomic mass is 16.3. The molecule has 0 radical (unpaired) electrons. The lowest BCUT2D eigenvalue weighted by Gasteiger charge is -2.30. The maximum atomic E-state index is 12.4. The number of aromatic nitrogens is 1. The van der Waals surface area contributed by atoms with Crippen molar-refractivity contribution in [1.82, 2.24) is 14.8 Å². The van der Waals surface area contributed by atoms with E-state index in [4.69, 9.17) is 0 Å². The van der Waals surface area contributed by atoms with E-state index in [2.05, 4.69) is 9.88 Å². The molecule has 2 fully saturated rings. The van der Waals surface area contributed by atoms with Gasteiger partial charge in [0.05, 0.1) is 5.56 Å². The summed E-state index contributed by atoms with van der Waals surface area (Å²) in [5, 5.41) is 9.63. The minimum absolute atomic E-state index is 0.0795. The molecule has 2 saturated heterocycles. The lowest BCUT2D eigenvalue weighted by molar-refractivity contribution is 0.0778. The summed E-state index contributed by atoms with van der Waals surface area (Å²) in [6, 6.07) is 1.81. The second-order valence-corrected chi connectivity index (χ2v) is 6.37. The van der Waals surface area contributed by atoms with E-state index in [0.29, 0.717) is 18.0 Å². The van der Waals surface area contributed by atoms with Gasteiger partial charge in [0.15, 0.2) is 0 Å². The average Bonchev–Trinajstić information content (AvgIpc) is 3.17. The number of H-pyrrole nitrogens is 1. The second kappa shape index (κ2) is 6.62. The molecule has 0 aromatic carbocycles. The monoisotopic (exact) mass is 291 g/mol. The minimum atomic E-state index is 0.0795. The Kier molecular flexibility index (Phi) is 4.60. The van der Waals surface area contributed by atoms with Crippen molar-refractivity contribution in [3.63, 3.8) is 0 Å². The largest absolute Gasteiger partial charge is 0.396 e. The van der Waals surface area contributed by atoms with Crippen LogP contribution in [-0.4, -0.2) is 65.1 Å². The molecule has 0 unspecified atom stereocenters. The molecule has 2 aliphatic heterocycles. The van der Waals surface area contributed by atoms with Crippen LogP contribution in [0.1, 0.15) is 29.6 Å². The van der Waals surface area contributed by atoms with Crippen LogP contribution in [0.3, 0.4) is 0 Å². The van der Waals surface area contributed by atoms with Crippen molar-refractivity contribution in [2.24, 2.45) is 11.8 Å². The molecule has 2 N–H and O–H groups in total. The van der Waals surface area contributed by atoms with E-state index in [9.17, 15) is 9.90 Å². The number of likely N-dealkylation sites (tertiary alicyclic amines) is 2. The molecule has 21 heavy (non-hydrogen) atoms. The van der Waals surface area contributed by atoms with Crippen LogP contribution in [-0.2, 0) is 0 Å². The molecule has 2 atom stereocenters. The van der Waals surface area contributed by atoms with Crippen molar-refractivity contribution in [3.8, 4) is 0 Å². The number of carbonyl (C=O) groups excluding carboxylic acids is 1.